The van der Waals surface area contributed by atoms with Crippen molar-refractivity contribution in [1.29, 1.82) is 0 Å². The molecule has 0 spiro atoms. The lowest BCUT2D eigenvalue weighted by atomic mass is 9.98. The maximum absolute atomic E-state index is 14.6. The zero-order valence-corrected chi connectivity index (χ0v) is 19.0. The van der Waals surface area contributed by atoms with E-state index in [1.807, 2.05) is 58.0 Å². The molecule has 0 amide bonds. The molecule has 1 aliphatic rings. The number of aromatic hydroxyl groups is 1. The maximum Gasteiger partial charge on any atom is 0.131 e. The number of benzene rings is 3. The van der Waals surface area contributed by atoms with Gasteiger partial charge in [-0.1, -0.05) is 30.8 Å². The van der Waals surface area contributed by atoms with Crippen LogP contribution in [-0.2, 0) is 0 Å². The quantitative estimate of drug-likeness (QED) is 0.407. The van der Waals surface area contributed by atoms with Gasteiger partial charge in [0, 0.05) is 28.8 Å². The molecule has 3 aromatic rings. The molecule has 0 heterocycles. The molecule has 1 aliphatic carbocycles. The van der Waals surface area contributed by atoms with Crippen molar-refractivity contribution < 1.29 is 9.50 Å². The Bertz CT molecular complexity index is 1160. The minimum Gasteiger partial charge on any atom is -0.508 e. The van der Waals surface area contributed by atoms with Gasteiger partial charge < -0.3 is 10.4 Å². The van der Waals surface area contributed by atoms with Gasteiger partial charge in [0.1, 0.15) is 11.6 Å². The number of halogens is 2. The van der Waals surface area contributed by atoms with Crippen LogP contribution in [0.1, 0.15) is 35.1 Å². The first-order chi connectivity index (χ1) is 14.6. The van der Waals surface area contributed by atoms with Crippen LogP contribution in [0.4, 0.5) is 10.1 Å². The van der Waals surface area contributed by atoms with E-state index in [0.717, 1.165) is 39.2 Å². The Labute approximate surface area is 188 Å². The first-order valence-electron chi connectivity index (χ1n) is 10.4. The number of alkyl halides is 1. The molecular formula is C27H27ClFNO. The fourth-order valence-electron chi connectivity index (χ4n) is 4.61. The third-order valence-electron chi connectivity index (χ3n) is 6.22. The zero-order valence-electron chi connectivity index (χ0n) is 18.3. The van der Waals surface area contributed by atoms with Gasteiger partial charge in [0.25, 0.3) is 0 Å². The molecule has 0 bridgehead atoms. The summed E-state index contributed by atoms with van der Waals surface area (Å²) in [5.41, 5.74) is 6.98. The van der Waals surface area contributed by atoms with Gasteiger partial charge in [-0.15, -0.1) is 11.6 Å². The summed E-state index contributed by atoms with van der Waals surface area (Å²) in [5.74, 6) is 0.0829. The van der Waals surface area contributed by atoms with E-state index in [4.69, 9.17) is 11.6 Å². The van der Waals surface area contributed by atoms with Gasteiger partial charge in [-0.25, -0.2) is 4.39 Å². The fraction of sp³-hybridized carbons (Fsp3) is 0.259. The van der Waals surface area contributed by atoms with Crippen molar-refractivity contribution in [3.8, 4) is 16.9 Å². The lowest BCUT2D eigenvalue weighted by Gasteiger charge is -2.14. The van der Waals surface area contributed by atoms with Crippen LogP contribution in [0, 0.1) is 32.5 Å². The van der Waals surface area contributed by atoms with Crippen molar-refractivity contribution in [2.45, 2.75) is 38.5 Å². The van der Waals surface area contributed by atoms with Crippen LogP contribution in [0.15, 0.2) is 66.9 Å². The second-order valence-corrected chi connectivity index (χ2v) is 9.69. The molecule has 160 valence electrons. The number of anilines is 1. The van der Waals surface area contributed by atoms with E-state index in [-0.39, 0.29) is 23.4 Å². The van der Waals surface area contributed by atoms with Crippen molar-refractivity contribution in [3.63, 3.8) is 0 Å². The Morgan fingerprint density at radius 2 is 1.74 bits per heavy atom. The summed E-state index contributed by atoms with van der Waals surface area (Å²) in [6.07, 6.45) is 0. The number of nitrogens with one attached hydrogen (secondary N) is 1. The van der Waals surface area contributed by atoms with E-state index in [0.29, 0.717) is 5.56 Å². The average Bonchev–Trinajstić information content (AvgIpc) is 3.25. The minimum atomic E-state index is -0.485. The van der Waals surface area contributed by atoms with Gasteiger partial charge >= 0.3 is 0 Å². The molecule has 31 heavy (non-hydrogen) atoms. The van der Waals surface area contributed by atoms with Gasteiger partial charge in [0.2, 0.25) is 0 Å². The number of phenols is 1. The molecule has 3 aromatic carbocycles. The summed E-state index contributed by atoms with van der Waals surface area (Å²) >= 11 is 6.83. The third-order valence-corrected chi connectivity index (χ3v) is 6.69. The maximum atomic E-state index is 14.6. The molecule has 3 unspecified atom stereocenters. The fourth-order valence-corrected chi connectivity index (χ4v) is 5.05. The molecular weight excluding hydrogens is 409 g/mol. The Balaban J connectivity index is 1.59. The summed E-state index contributed by atoms with van der Waals surface area (Å²) in [6.45, 7) is 12.1. The summed E-state index contributed by atoms with van der Waals surface area (Å²) in [5, 5.41) is 13.4. The molecule has 4 rings (SSSR count). The molecule has 1 fully saturated rings. The van der Waals surface area contributed by atoms with Crippen molar-refractivity contribution in [1.82, 2.24) is 0 Å². The normalized spacial score (nSPS) is 22.3. The Morgan fingerprint density at radius 1 is 1.00 bits per heavy atom. The zero-order chi connectivity index (χ0) is 22.5. The molecule has 0 aromatic heterocycles. The van der Waals surface area contributed by atoms with E-state index < -0.39 is 4.87 Å². The summed E-state index contributed by atoms with van der Waals surface area (Å²) in [4.78, 5) is -0.485. The largest absolute Gasteiger partial charge is 0.508 e. The highest BCUT2D eigenvalue weighted by Gasteiger charge is 2.62. The summed E-state index contributed by atoms with van der Waals surface area (Å²) in [7, 11) is 0. The standard InChI is InChI=1S/C27H27ClFNO/c1-15-6-9-22(24(29)12-15)23-14-20(8-7-17(23)3)30-18(4)25-26(27(25,5)28)19-10-16(2)11-21(31)13-19/h6-14,25-26,30-31H,4H2,1-3,5H3. The van der Waals surface area contributed by atoms with E-state index >= 15 is 0 Å². The van der Waals surface area contributed by atoms with Crippen LogP contribution < -0.4 is 5.32 Å². The number of phenolic OH excluding ortho intramolecular Hbond substituents is 1. The van der Waals surface area contributed by atoms with E-state index in [1.54, 1.807) is 18.2 Å². The highest BCUT2D eigenvalue weighted by molar-refractivity contribution is 6.27. The van der Waals surface area contributed by atoms with E-state index in [9.17, 15) is 9.50 Å². The highest BCUT2D eigenvalue weighted by atomic mass is 35.5. The first kappa shape index (κ1) is 21.5. The van der Waals surface area contributed by atoms with Gasteiger partial charge in [-0.05, 0) is 85.8 Å². The van der Waals surface area contributed by atoms with Gasteiger partial charge in [0.15, 0.2) is 0 Å². The van der Waals surface area contributed by atoms with Gasteiger partial charge in [-0.2, -0.15) is 0 Å². The lowest BCUT2D eigenvalue weighted by Crippen LogP contribution is -2.05. The van der Waals surface area contributed by atoms with Crippen LogP contribution >= 0.6 is 11.6 Å². The summed E-state index contributed by atoms with van der Waals surface area (Å²) < 4.78 is 14.6. The molecule has 0 radical (unpaired) electrons. The topological polar surface area (TPSA) is 32.3 Å². The van der Waals surface area contributed by atoms with Crippen LogP contribution in [0.5, 0.6) is 5.75 Å². The van der Waals surface area contributed by atoms with E-state index in [2.05, 4.69) is 18.0 Å². The average molecular weight is 436 g/mol. The van der Waals surface area contributed by atoms with Crippen LogP contribution in [-0.4, -0.2) is 9.98 Å². The SMILES string of the molecule is C=C(Nc1ccc(C)c(-c2ccc(C)cc2F)c1)C1C(c2cc(C)cc(O)c2)C1(C)Cl. The van der Waals surface area contributed by atoms with Crippen LogP contribution in [0.25, 0.3) is 11.1 Å². The number of hydrogen-bond donors (Lipinski definition) is 2. The Kier molecular flexibility index (Phi) is 5.35. The Morgan fingerprint density at radius 3 is 2.42 bits per heavy atom. The third kappa shape index (κ3) is 4.07. The second kappa shape index (κ2) is 7.72. The molecule has 4 heteroatoms. The van der Waals surface area contributed by atoms with Crippen LogP contribution in [0.3, 0.4) is 0 Å². The number of rotatable bonds is 5. The predicted molar refractivity (Wildman–Crippen MR) is 127 cm³/mol. The number of allylic oxidation sites excluding steroid dienone is 1. The second-order valence-electron chi connectivity index (χ2n) is 8.87. The first-order valence-corrected chi connectivity index (χ1v) is 10.8. The van der Waals surface area contributed by atoms with Crippen LogP contribution in [0.2, 0.25) is 0 Å². The molecule has 2 nitrogen and oxygen atoms in total. The predicted octanol–water partition coefficient (Wildman–Crippen LogP) is 7.46. The van der Waals surface area contributed by atoms with Crippen molar-refractivity contribution >= 4 is 17.3 Å². The summed E-state index contributed by atoms with van der Waals surface area (Å²) in [6, 6.07) is 16.8. The number of hydrogen-bond acceptors (Lipinski definition) is 2. The monoisotopic (exact) mass is 435 g/mol. The highest BCUT2D eigenvalue weighted by Crippen LogP contribution is 2.64. The molecule has 0 aliphatic heterocycles. The molecule has 3 atom stereocenters. The lowest BCUT2D eigenvalue weighted by molar-refractivity contribution is 0.474. The smallest absolute Gasteiger partial charge is 0.131 e. The molecule has 2 N–H and O–H groups in total. The Hall–Kier alpha value is -2.78. The minimum absolute atomic E-state index is 0.0104. The van der Waals surface area contributed by atoms with Gasteiger partial charge in [0.05, 0.1) is 4.87 Å². The van der Waals surface area contributed by atoms with Gasteiger partial charge in [-0.3, -0.25) is 0 Å². The molecule has 1 saturated carbocycles. The van der Waals surface area contributed by atoms with Crippen molar-refractivity contribution in [2.75, 3.05) is 5.32 Å². The van der Waals surface area contributed by atoms with Crippen molar-refractivity contribution in [2.24, 2.45) is 5.92 Å². The number of aryl methyl sites for hydroxylation is 3. The molecule has 0 saturated heterocycles. The van der Waals surface area contributed by atoms with E-state index in [1.165, 1.54) is 0 Å². The van der Waals surface area contributed by atoms with Crippen molar-refractivity contribution in [3.05, 3.63) is 94.9 Å².